The Hall–Kier alpha value is -3.12. The summed E-state index contributed by atoms with van der Waals surface area (Å²) < 4.78 is 2.27. The van der Waals surface area contributed by atoms with E-state index in [0.717, 1.165) is 18.7 Å². The van der Waals surface area contributed by atoms with E-state index < -0.39 is 0 Å². The number of amides is 2. The van der Waals surface area contributed by atoms with Crippen molar-refractivity contribution in [2.45, 2.75) is 25.8 Å². The van der Waals surface area contributed by atoms with Gasteiger partial charge in [0.2, 0.25) is 11.8 Å². The average molecular weight is 405 g/mol. The summed E-state index contributed by atoms with van der Waals surface area (Å²) in [5.41, 5.74) is 4.72. The second-order valence-electron chi connectivity index (χ2n) is 7.84. The number of piperazine rings is 1. The molecule has 1 fully saturated rings. The summed E-state index contributed by atoms with van der Waals surface area (Å²) in [6.45, 7) is 4.08. The standard InChI is InChI=1S/C24H28N4O2/c1-17-19(12-13-25-23(29)16-22-24(30)26-14-15-27(22)2)20-10-6-7-11-21(20)28(17)18-8-4-3-5-9-18/h3-11,22H,12-16H2,1-2H3,(H,25,29)(H,26,30)/t22-/m0/s1. The smallest absolute Gasteiger partial charge is 0.237 e. The quantitative estimate of drug-likeness (QED) is 0.663. The second-order valence-corrected chi connectivity index (χ2v) is 7.84. The molecule has 1 saturated heterocycles. The molecule has 0 radical (unpaired) electrons. The minimum absolute atomic E-state index is 0.0688. The molecule has 0 bridgehead atoms. The van der Waals surface area contributed by atoms with Crippen molar-refractivity contribution in [3.63, 3.8) is 0 Å². The topological polar surface area (TPSA) is 66.4 Å². The van der Waals surface area contributed by atoms with Gasteiger partial charge in [0, 0.05) is 36.4 Å². The zero-order valence-electron chi connectivity index (χ0n) is 17.5. The van der Waals surface area contributed by atoms with Crippen LogP contribution < -0.4 is 10.6 Å². The lowest BCUT2D eigenvalue weighted by Gasteiger charge is -2.31. The van der Waals surface area contributed by atoms with Crippen LogP contribution in [0, 0.1) is 6.92 Å². The molecule has 2 N–H and O–H groups in total. The molecule has 1 aliphatic heterocycles. The van der Waals surface area contributed by atoms with Crippen LogP contribution in [0.25, 0.3) is 16.6 Å². The van der Waals surface area contributed by atoms with Crippen molar-refractivity contribution < 1.29 is 9.59 Å². The Kier molecular flexibility index (Phi) is 5.86. The summed E-state index contributed by atoms with van der Waals surface area (Å²) in [6.07, 6.45) is 0.928. The molecule has 0 unspecified atom stereocenters. The summed E-state index contributed by atoms with van der Waals surface area (Å²) >= 11 is 0. The number of benzene rings is 2. The second kappa shape index (κ2) is 8.71. The van der Waals surface area contributed by atoms with Gasteiger partial charge in [-0.15, -0.1) is 0 Å². The van der Waals surface area contributed by atoms with Crippen molar-refractivity contribution in [3.05, 3.63) is 65.9 Å². The molecule has 6 nitrogen and oxygen atoms in total. The Labute approximate surface area is 176 Å². The highest BCUT2D eigenvalue weighted by Gasteiger charge is 2.28. The first-order valence-corrected chi connectivity index (χ1v) is 10.4. The van der Waals surface area contributed by atoms with Crippen LogP contribution in [0.2, 0.25) is 0 Å². The number of nitrogens with zero attached hydrogens (tertiary/aromatic N) is 2. The van der Waals surface area contributed by atoms with Crippen molar-refractivity contribution >= 4 is 22.7 Å². The fraction of sp³-hybridized carbons (Fsp3) is 0.333. The lowest BCUT2D eigenvalue weighted by molar-refractivity contribution is -0.133. The zero-order chi connectivity index (χ0) is 21.1. The molecule has 2 amide bonds. The van der Waals surface area contributed by atoms with Gasteiger partial charge in [0.1, 0.15) is 0 Å². The van der Waals surface area contributed by atoms with Crippen LogP contribution in [-0.4, -0.2) is 54.0 Å². The largest absolute Gasteiger partial charge is 0.356 e. The number of hydrogen-bond donors (Lipinski definition) is 2. The molecule has 4 rings (SSSR count). The summed E-state index contributed by atoms with van der Waals surface area (Å²) in [5, 5.41) is 7.05. The molecule has 0 saturated carbocycles. The van der Waals surface area contributed by atoms with Gasteiger partial charge in [0.25, 0.3) is 0 Å². The van der Waals surface area contributed by atoms with Crippen molar-refractivity contribution in [1.82, 2.24) is 20.1 Å². The van der Waals surface area contributed by atoms with Crippen molar-refractivity contribution in [2.75, 3.05) is 26.7 Å². The molecule has 2 heterocycles. The molecule has 0 spiro atoms. The first kappa shape index (κ1) is 20.2. The predicted octanol–water partition coefficient (Wildman–Crippen LogP) is 2.42. The number of carbonyl (C=O) groups excluding carboxylic acids is 2. The van der Waals surface area contributed by atoms with E-state index in [-0.39, 0.29) is 24.3 Å². The van der Waals surface area contributed by atoms with Crippen molar-refractivity contribution in [3.8, 4) is 5.69 Å². The Morgan fingerprint density at radius 2 is 1.87 bits per heavy atom. The molecule has 1 aromatic heterocycles. The van der Waals surface area contributed by atoms with Crippen LogP contribution >= 0.6 is 0 Å². The number of aromatic nitrogens is 1. The summed E-state index contributed by atoms with van der Waals surface area (Å²) in [5.74, 6) is -0.158. The SMILES string of the molecule is Cc1c(CCNC(=O)C[C@H]2C(=O)NCCN2C)c2ccccc2n1-c1ccccc1. The van der Waals surface area contributed by atoms with Crippen LogP contribution in [0.1, 0.15) is 17.7 Å². The highest BCUT2D eigenvalue weighted by Crippen LogP contribution is 2.29. The van der Waals surface area contributed by atoms with E-state index in [2.05, 4.69) is 58.5 Å². The van der Waals surface area contributed by atoms with Gasteiger partial charge in [-0.05, 0) is 44.2 Å². The maximum atomic E-state index is 12.4. The van der Waals surface area contributed by atoms with Crippen LogP contribution in [0.15, 0.2) is 54.6 Å². The fourth-order valence-corrected chi connectivity index (χ4v) is 4.31. The van der Waals surface area contributed by atoms with Crippen molar-refractivity contribution in [1.29, 1.82) is 0 Å². The Balaban J connectivity index is 1.48. The number of nitrogens with one attached hydrogen (secondary N) is 2. The summed E-state index contributed by atoms with van der Waals surface area (Å²) in [7, 11) is 1.89. The van der Waals surface area contributed by atoms with E-state index in [0.29, 0.717) is 13.1 Å². The lowest BCUT2D eigenvalue weighted by atomic mass is 10.1. The highest BCUT2D eigenvalue weighted by atomic mass is 16.2. The Morgan fingerprint density at radius 3 is 2.63 bits per heavy atom. The third kappa shape index (κ3) is 3.96. The van der Waals surface area contributed by atoms with Gasteiger partial charge in [-0.1, -0.05) is 36.4 Å². The average Bonchev–Trinajstić information content (AvgIpc) is 3.03. The van der Waals surface area contributed by atoms with Gasteiger partial charge in [-0.3, -0.25) is 14.5 Å². The molecule has 156 valence electrons. The maximum absolute atomic E-state index is 12.4. The third-order valence-corrected chi connectivity index (χ3v) is 5.93. The molecule has 1 aliphatic rings. The van der Waals surface area contributed by atoms with Crippen LogP contribution in [0.5, 0.6) is 0 Å². The number of rotatable bonds is 6. The first-order chi connectivity index (χ1) is 14.6. The molecule has 3 aromatic rings. The van der Waals surface area contributed by atoms with Gasteiger partial charge in [-0.2, -0.15) is 0 Å². The molecule has 2 aromatic carbocycles. The van der Waals surface area contributed by atoms with Gasteiger partial charge >= 0.3 is 0 Å². The van der Waals surface area contributed by atoms with E-state index in [1.54, 1.807) is 0 Å². The number of fused-ring (bicyclic) bond motifs is 1. The summed E-state index contributed by atoms with van der Waals surface area (Å²) in [4.78, 5) is 26.4. The number of likely N-dealkylation sites (N-methyl/N-ethyl adjacent to an activating group) is 1. The van der Waals surface area contributed by atoms with E-state index in [1.165, 1.54) is 22.2 Å². The van der Waals surface area contributed by atoms with E-state index in [9.17, 15) is 9.59 Å². The van der Waals surface area contributed by atoms with E-state index >= 15 is 0 Å². The molecule has 1 atom stereocenters. The number of hydrogen-bond acceptors (Lipinski definition) is 3. The summed E-state index contributed by atoms with van der Waals surface area (Å²) in [6, 6.07) is 18.3. The minimum Gasteiger partial charge on any atom is -0.356 e. The molecule has 0 aliphatic carbocycles. The predicted molar refractivity (Wildman–Crippen MR) is 119 cm³/mol. The number of carbonyl (C=O) groups is 2. The first-order valence-electron chi connectivity index (χ1n) is 10.4. The molecular weight excluding hydrogens is 376 g/mol. The van der Waals surface area contributed by atoms with Crippen LogP contribution in [-0.2, 0) is 16.0 Å². The fourth-order valence-electron chi connectivity index (χ4n) is 4.31. The maximum Gasteiger partial charge on any atom is 0.237 e. The normalized spacial score (nSPS) is 17.1. The van der Waals surface area contributed by atoms with Crippen LogP contribution in [0.4, 0.5) is 0 Å². The van der Waals surface area contributed by atoms with Gasteiger partial charge < -0.3 is 15.2 Å². The number of para-hydroxylation sites is 2. The lowest BCUT2D eigenvalue weighted by Crippen LogP contribution is -2.55. The van der Waals surface area contributed by atoms with Gasteiger partial charge in [0.15, 0.2) is 0 Å². The van der Waals surface area contributed by atoms with Crippen molar-refractivity contribution in [2.24, 2.45) is 0 Å². The Bertz CT molecular complexity index is 1060. The van der Waals surface area contributed by atoms with Crippen LogP contribution in [0.3, 0.4) is 0 Å². The van der Waals surface area contributed by atoms with E-state index in [4.69, 9.17) is 0 Å². The monoisotopic (exact) mass is 404 g/mol. The molecular formula is C24H28N4O2. The van der Waals surface area contributed by atoms with Gasteiger partial charge in [-0.25, -0.2) is 0 Å². The van der Waals surface area contributed by atoms with E-state index in [1.807, 2.05) is 30.1 Å². The Morgan fingerprint density at radius 1 is 1.13 bits per heavy atom. The zero-order valence-corrected chi connectivity index (χ0v) is 17.5. The highest BCUT2D eigenvalue weighted by molar-refractivity contribution is 5.89. The van der Waals surface area contributed by atoms with Gasteiger partial charge in [0.05, 0.1) is 18.0 Å². The third-order valence-electron chi connectivity index (χ3n) is 5.93. The minimum atomic E-state index is -0.388. The molecule has 6 heteroatoms. The molecule has 30 heavy (non-hydrogen) atoms.